The van der Waals surface area contributed by atoms with Crippen molar-refractivity contribution >= 4 is 55.7 Å². The quantitative estimate of drug-likeness (QED) is 0.114. The maximum Gasteiger partial charge on any atom is 0.135 e. The van der Waals surface area contributed by atoms with Crippen LogP contribution in [-0.4, -0.2) is 9.55 Å². The molecule has 1 aliphatic rings. The average molecular weight is 1310 g/mol. The molecule has 3 aromatic heterocycles. The molecule has 0 amide bonds. The molecule has 1 aliphatic heterocycles. The third kappa shape index (κ3) is 10.7. The first-order valence-electron chi connectivity index (χ1n) is 30.1. The average Bonchev–Trinajstić information content (AvgIpc) is 1.86. The Morgan fingerprint density at radius 2 is 1.12 bits per heavy atom. The monoisotopic (exact) mass is 1300 g/mol. The van der Waals surface area contributed by atoms with E-state index in [9.17, 15) is 0 Å². The SMILES string of the molecule is CC(C)c1cc(C(C)C)c(-c2cc(Oc3[c-]c4c(cc3)c3oc5ccccc5c3n4-c3ccccn3)[c-]c(N3[CH-]N(c4c(-c5cccc(-c6ccccc6)c5)cccc4-c4cc(C(C)(C)C)cc(C(C)(C)C)c4)c4ccccc43)c2)c(C(C)C)c1.[Pt]. The molecule has 6 nitrogen and oxygen atoms in total. The summed E-state index contributed by atoms with van der Waals surface area (Å²) < 4.78 is 16.0. The number of pyridine rings is 1. The van der Waals surface area contributed by atoms with Crippen LogP contribution in [0.25, 0.3) is 83.3 Å². The van der Waals surface area contributed by atoms with E-state index in [4.69, 9.17) is 14.1 Å². The van der Waals surface area contributed by atoms with Gasteiger partial charge in [0.05, 0.1) is 5.52 Å². The van der Waals surface area contributed by atoms with E-state index in [1.165, 1.54) is 44.5 Å². The molecule has 0 saturated carbocycles. The van der Waals surface area contributed by atoms with Crippen molar-refractivity contribution in [2.24, 2.45) is 0 Å². The van der Waals surface area contributed by atoms with E-state index in [-0.39, 0.29) is 43.7 Å². The van der Waals surface area contributed by atoms with Crippen molar-refractivity contribution in [3.8, 4) is 61.8 Å². The number of aromatic nitrogens is 2. The van der Waals surface area contributed by atoms with Gasteiger partial charge < -0.3 is 23.5 Å². The Morgan fingerprint density at radius 3 is 1.78 bits per heavy atom. The van der Waals surface area contributed by atoms with Crippen molar-refractivity contribution in [3.05, 3.63) is 247 Å². The Balaban J connectivity index is 0.00000724. The molecule has 86 heavy (non-hydrogen) atoms. The summed E-state index contributed by atoms with van der Waals surface area (Å²) in [6.07, 6.45) is 1.83. The van der Waals surface area contributed by atoms with Crippen LogP contribution in [0.3, 0.4) is 0 Å². The number of para-hydroxylation sites is 4. The summed E-state index contributed by atoms with van der Waals surface area (Å²) in [6.45, 7) is 30.0. The molecule has 0 bridgehead atoms. The minimum Gasteiger partial charge on any atom is -0.509 e. The Hall–Kier alpha value is -8.44. The molecule has 0 N–H and O–H groups in total. The van der Waals surface area contributed by atoms with Gasteiger partial charge in [0.25, 0.3) is 0 Å². The number of benzene rings is 9. The molecule has 0 fully saturated rings. The maximum atomic E-state index is 7.21. The molecule has 0 unspecified atom stereocenters. The van der Waals surface area contributed by atoms with Gasteiger partial charge in [-0.2, -0.15) is 6.07 Å². The van der Waals surface area contributed by atoms with Gasteiger partial charge in [0, 0.05) is 72.3 Å². The number of rotatable bonds is 12. The largest absolute Gasteiger partial charge is 0.509 e. The van der Waals surface area contributed by atoms with E-state index in [1.54, 1.807) is 0 Å². The summed E-state index contributed by atoms with van der Waals surface area (Å²) in [6, 6.07) is 77.8. The van der Waals surface area contributed by atoms with Crippen molar-refractivity contribution < 1.29 is 30.2 Å². The Bertz CT molecular complexity index is 4440. The fourth-order valence-electron chi connectivity index (χ4n) is 12.3. The number of hydrogen-bond donors (Lipinski definition) is 0. The third-order valence-electron chi connectivity index (χ3n) is 16.9. The standard InChI is InChI=1S/C79H73N4O2.Pt/c1-49(2)55-43-67(50(3)4)74(68(44-55)51(5)6)57-41-60(46-62(42-57)84-61-35-36-65-71(47-61)83(73-34-20-21-37-80-73)76-66-28-16-19-33-72(66)85-77(65)76)81-48-82(70-32-18-17-31-69(70)81)75-63(54-27-22-26-53(38-54)52-24-14-13-15-25-52)29-23-30-64(75)56-39-58(78(7,8)9)45-59(40-56)79(10,11)12;/h13-45,48-51H,1-12H3;/q-3;. The second-order valence-electron chi connectivity index (χ2n) is 25.9. The fraction of sp³-hybridized carbons (Fsp3) is 0.215. The van der Waals surface area contributed by atoms with Gasteiger partial charge in [-0.05, 0) is 127 Å². The van der Waals surface area contributed by atoms with Crippen LogP contribution in [0, 0.1) is 18.8 Å². The van der Waals surface area contributed by atoms with E-state index in [0.29, 0.717) is 17.4 Å². The molecule has 7 heteroatoms. The predicted octanol–water partition coefficient (Wildman–Crippen LogP) is 22.4. The van der Waals surface area contributed by atoms with Gasteiger partial charge in [-0.3, -0.25) is 0 Å². The van der Waals surface area contributed by atoms with E-state index in [1.807, 2.05) is 42.6 Å². The first-order valence-corrected chi connectivity index (χ1v) is 30.1. The molecule has 0 atom stereocenters. The van der Waals surface area contributed by atoms with Crippen LogP contribution >= 0.6 is 0 Å². The van der Waals surface area contributed by atoms with Gasteiger partial charge in [-0.1, -0.05) is 221 Å². The van der Waals surface area contributed by atoms with Crippen molar-refractivity contribution in [1.82, 2.24) is 9.55 Å². The van der Waals surface area contributed by atoms with Crippen LogP contribution in [0.5, 0.6) is 11.5 Å². The Kier molecular flexibility index (Phi) is 15.3. The van der Waals surface area contributed by atoms with Crippen molar-refractivity contribution in [2.75, 3.05) is 9.80 Å². The number of nitrogens with zero attached hydrogens (tertiary/aromatic N) is 4. The first-order chi connectivity index (χ1) is 40.9. The number of anilines is 4. The van der Waals surface area contributed by atoms with E-state index in [2.05, 4.69) is 274 Å². The first kappa shape index (κ1) is 58.0. The minimum atomic E-state index is -0.0881. The molecular formula is C79H73N4O2Pt-3. The number of fused-ring (bicyclic) bond motifs is 6. The summed E-state index contributed by atoms with van der Waals surface area (Å²) in [5.74, 6) is 2.74. The summed E-state index contributed by atoms with van der Waals surface area (Å²) in [5.41, 5.74) is 23.0. The molecule has 0 saturated heterocycles. The number of furan rings is 1. The summed E-state index contributed by atoms with van der Waals surface area (Å²) >= 11 is 0. The second kappa shape index (κ2) is 22.8. The predicted molar refractivity (Wildman–Crippen MR) is 355 cm³/mol. The minimum absolute atomic E-state index is 0. The molecule has 12 aromatic rings. The smallest absolute Gasteiger partial charge is 0.135 e. The zero-order valence-corrected chi connectivity index (χ0v) is 53.6. The summed E-state index contributed by atoms with van der Waals surface area (Å²) in [5, 5.41) is 1.93. The van der Waals surface area contributed by atoms with Crippen LogP contribution in [0.15, 0.2) is 205 Å². The van der Waals surface area contributed by atoms with E-state index >= 15 is 0 Å². The topological polar surface area (TPSA) is 46.7 Å². The van der Waals surface area contributed by atoms with Gasteiger partial charge in [-0.25, -0.2) is 4.98 Å². The van der Waals surface area contributed by atoms with Crippen molar-refractivity contribution in [2.45, 2.75) is 112 Å². The zero-order valence-electron chi connectivity index (χ0n) is 51.3. The van der Waals surface area contributed by atoms with E-state index < -0.39 is 0 Å². The molecular weight excluding hydrogens is 1230 g/mol. The van der Waals surface area contributed by atoms with Crippen LogP contribution in [-0.2, 0) is 31.9 Å². The Labute approximate surface area is 522 Å². The van der Waals surface area contributed by atoms with E-state index in [0.717, 1.165) is 89.4 Å². The van der Waals surface area contributed by atoms with Crippen LogP contribution in [0.2, 0.25) is 0 Å². The second-order valence-corrected chi connectivity index (χ2v) is 25.9. The molecule has 434 valence electrons. The van der Waals surface area contributed by atoms with Gasteiger partial charge in [-0.15, -0.1) is 48.3 Å². The third-order valence-corrected chi connectivity index (χ3v) is 16.9. The van der Waals surface area contributed by atoms with Gasteiger partial charge in [0.1, 0.15) is 17.0 Å². The maximum absolute atomic E-state index is 7.21. The summed E-state index contributed by atoms with van der Waals surface area (Å²) in [7, 11) is 0. The zero-order chi connectivity index (χ0) is 59.1. The molecule has 0 spiro atoms. The van der Waals surface area contributed by atoms with Gasteiger partial charge in [0.2, 0.25) is 0 Å². The van der Waals surface area contributed by atoms with Crippen LogP contribution in [0.1, 0.15) is 129 Å². The normalized spacial score (nSPS) is 12.8. The van der Waals surface area contributed by atoms with Crippen LogP contribution in [0.4, 0.5) is 22.7 Å². The molecule has 0 aliphatic carbocycles. The molecule has 13 rings (SSSR count). The Morgan fingerprint density at radius 1 is 0.500 bits per heavy atom. The fourth-order valence-corrected chi connectivity index (χ4v) is 12.3. The van der Waals surface area contributed by atoms with Crippen LogP contribution < -0.4 is 14.5 Å². The molecule has 0 radical (unpaired) electrons. The number of hydrogen-bond acceptors (Lipinski definition) is 5. The number of ether oxygens (including phenoxy) is 1. The van der Waals surface area contributed by atoms with Crippen molar-refractivity contribution in [3.63, 3.8) is 0 Å². The van der Waals surface area contributed by atoms with Gasteiger partial charge >= 0.3 is 0 Å². The molecule has 9 aromatic carbocycles. The van der Waals surface area contributed by atoms with Gasteiger partial charge in [0.15, 0.2) is 0 Å². The summed E-state index contributed by atoms with van der Waals surface area (Å²) in [4.78, 5) is 9.59. The van der Waals surface area contributed by atoms with Crippen molar-refractivity contribution in [1.29, 1.82) is 0 Å². The molecule has 4 heterocycles.